The number of allylic oxidation sites excluding steroid dienone is 2. The Morgan fingerprint density at radius 1 is 0.469 bits per heavy atom. The fourth-order valence-electron chi connectivity index (χ4n) is 3.94. The Labute approximate surface area is 201 Å². The van der Waals surface area contributed by atoms with Gasteiger partial charge in [-0.25, -0.2) is 4.79 Å². The molecule has 0 aliphatic carbocycles. The summed E-state index contributed by atoms with van der Waals surface area (Å²) in [4.78, 5) is 11.6. The molecule has 32 heavy (non-hydrogen) atoms. The topological polar surface area (TPSA) is 35.5 Å². The molecule has 0 amide bonds. The summed E-state index contributed by atoms with van der Waals surface area (Å²) in [6, 6.07) is 0. The molecular formula is C29H56O3. The van der Waals surface area contributed by atoms with Crippen LogP contribution < -0.4 is 0 Å². The molecule has 0 bridgehead atoms. The van der Waals surface area contributed by atoms with Gasteiger partial charge in [0, 0.05) is 0 Å². The maximum atomic E-state index is 11.6. The van der Waals surface area contributed by atoms with Crippen LogP contribution in [0.1, 0.15) is 155 Å². The van der Waals surface area contributed by atoms with Gasteiger partial charge in [-0.2, -0.15) is 0 Å². The van der Waals surface area contributed by atoms with Gasteiger partial charge in [-0.1, -0.05) is 129 Å². The van der Waals surface area contributed by atoms with Crippen molar-refractivity contribution in [3.8, 4) is 0 Å². The molecule has 0 fully saturated rings. The Morgan fingerprint density at radius 2 is 0.781 bits per heavy atom. The normalized spacial score (nSPS) is 11.3. The lowest BCUT2D eigenvalue weighted by Crippen LogP contribution is -2.09. The third-order valence-corrected chi connectivity index (χ3v) is 6.09. The zero-order chi connectivity index (χ0) is 23.4. The number of unbranched alkanes of at least 4 members (excludes halogenated alkanes) is 19. The van der Waals surface area contributed by atoms with Crippen molar-refractivity contribution in [3.05, 3.63) is 12.2 Å². The lowest BCUT2D eigenvalue weighted by Gasteiger charge is -2.06. The van der Waals surface area contributed by atoms with E-state index in [9.17, 15) is 4.79 Å². The van der Waals surface area contributed by atoms with Gasteiger partial charge in [0.1, 0.15) is 0 Å². The minimum atomic E-state index is -0.484. The van der Waals surface area contributed by atoms with Crippen LogP contribution in [-0.4, -0.2) is 19.4 Å². The number of carbonyl (C=O) groups is 1. The Balaban J connectivity index is 3.18. The van der Waals surface area contributed by atoms with Crippen LogP contribution in [0.5, 0.6) is 0 Å². The van der Waals surface area contributed by atoms with Crippen LogP contribution in [0.15, 0.2) is 12.2 Å². The summed E-state index contributed by atoms with van der Waals surface area (Å²) < 4.78 is 10.3. The third-order valence-electron chi connectivity index (χ3n) is 6.09. The van der Waals surface area contributed by atoms with Crippen LogP contribution in [0.4, 0.5) is 4.79 Å². The van der Waals surface area contributed by atoms with Crippen molar-refractivity contribution in [1.82, 2.24) is 0 Å². The maximum absolute atomic E-state index is 11.6. The Hall–Kier alpha value is -0.990. The predicted molar refractivity (Wildman–Crippen MR) is 139 cm³/mol. The highest BCUT2D eigenvalue weighted by molar-refractivity contribution is 5.59. The Kier molecular flexibility index (Phi) is 27.2. The van der Waals surface area contributed by atoms with Crippen molar-refractivity contribution in [2.24, 2.45) is 0 Å². The summed E-state index contributed by atoms with van der Waals surface area (Å²) in [7, 11) is 0. The summed E-state index contributed by atoms with van der Waals surface area (Å²) in [5.74, 6) is 0. The Morgan fingerprint density at radius 3 is 1.19 bits per heavy atom. The summed E-state index contributed by atoms with van der Waals surface area (Å²) in [6.45, 7) is 5.52. The van der Waals surface area contributed by atoms with Crippen LogP contribution in [0.3, 0.4) is 0 Å². The smallest absolute Gasteiger partial charge is 0.434 e. The van der Waals surface area contributed by atoms with Gasteiger partial charge in [0.2, 0.25) is 0 Å². The molecule has 0 atom stereocenters. The first kappa shape index (κ1) is 31.0. The quantitative estimate of drug-likeness (QED) is 0.0784. The molecule has 0 unspecified atom stereocenters. The second-order valence-corrected chi connectivity index (χ2v) is 9.36. The van der Waals surface area contributed by atoms with E-state index >= 15 is 0 Å². The number of hydrogen-bond acceptors (Lipinski definition) is 3. The van der Waals surface area contributed by atoms with Gasteiger partial charge < -0.3 is 9.47 Å². The van der Waals surface area contributed by atoms with Crippen LogP contribution in [-0.2, 0) is 9.47 Å². The predicted octanol–water partition coefficient (Wildman–Crippen LogP) is 10.3. The summed E-state index contributed by atoms with van der Waals surface area (Å²) in [6.07, 6.45) is 32.2. The van der Waals surface area contributed by atoms with E-state index < -0.39 is 6.16 Å². The highest BCUT2D eigenvalue weighted by atomic mass is 16.7. The molecule has 0 aliphatic rings. The molecule has 3 heteroatoms. The fourth-order valence-corrected chi connectivity index (χ4v) is 3.94. The Bertz CT molecular complexity index is 392. The second-order valence-electron chi connectivity index (χ2n) is 9.36. The number of ether oxygens (including phenoxy) is 2. The van der Waals surface area contributed by atoms with Crippen molar-refractivity contribution in [2.45, 2.75) is 155 Å². The highest BCUT2D eigenvalue weighted by Gasteiger charge is 2.03. The second kappa shape index (κ2) is 28.0. The van der Waals surface area contributed by atoms with E-state index in [0.29, 0.717) is 13.2 Å². The van der Waals surface area contributed by atoms with E-state index in [1.807, 2.05) is 0 Å². The van der Waals surface area contributed by atoms with E-state index in [-0.39, 0.29) is 0 Å². The van der Waals surface area contributed by atoms with Crippen molar-refractivity contribution in [3.63, 3.8) is 0 Å². The summed E-state index contributed by atoms with van der Waals surface area (Å²) >= 11 is 0. The zero-order valence-corrected chi connectivity index (χ0v) is 21.9. The average molecular weight is 453 g/mol. The van der Waals surface area contributed by atoms with Crippen molar-refractivity contribution in [2.75, 3.05) is 13.2 Å². The number of hydrogen-bond donors (Lipinski definition) is 0. The van der Waals surface area contributed by atoms with Gasteiger partial charge in [0.05, 0.1) is 13.2 Å². The van der Waals surface area contributed by atoms with E-state index in [1.165, 1.54) is 116 Å². The molecule has 0 saturated heterocycles. The molecule has 0 aliphatic heterocycles. The largest absolute Gasteiger partial charge is 0.508 e. The maximum Gasteiger partial charge on any atom is 0.508 e. The van der Waals surface area contributed by atoms with Crippen molar-refractivity contribution in [1.29, 1.82) is 0 Å². The van der Waals surface area contributed by atoms with Gasteiger partial charge in [-0.15, -0.1) is 0 Å². The molecule has 0 aromatic rings. The highest BCUT2D eigenvalue weighted by Crippen LogP contribution is 2.11. The molecule has 190 valence electrons. The van der Waals surface area contributed by atoms with Gasteiger partial charge in [0.15, 0.2) is 0 Å². The van der Waals surface area contributed by atoms with Crippen LogP contribution in [0.25, 0.3) is 0 Å². The van der Waals surface area contributed by atoms with Crippen molar-refractivity contribution >= 4 is 6.16 Å². The van der Waals surface area contributed by atoms with E-state index in [2.05, 4.69) is 26.0 Å². The number of rotatable bonds is 25. The van der Waals surface area contributed by atoms with Crippen molar-refractivity contribution < 1.29 is 14.3 Å². The first-order valence-corrected chi connectivity index (χ1v) is 14.3. The van der Waals surface area contributed by atoms with Gasteiger partial charge in [-0.05, 0) is 38.5 Å². The molecule has 0 aromatic heterocycles. The molecule has 0 aromatic carbocycles. The minimum Gasteiger partial charge on any atom is -0.434 e. The molecule has 3 nitrogen and oxygen atoms in total. The lowest BCUT2D eigenvalue weighted by molar-refractivity contribution is 0.0529. The molecule has 0 N–H and O–H groups in total. The summed E-state index contributed by atoms with van der Waals surface area (Å²) in [5.41, 5.74) is 0. The van der Waals surface area contributed by atoms with Crippen LogP contribution in [0.2, 0.25) is 0 Å². The molecule has 0 saturated carbocycles. The molecule has 0 rings (SSSR count). The molecule has 0 heterocycles. The SMILES string of the molecule is CCCCCCC=CCCCCCCCCOC(=O)OCCCCCCCCCCCC. The first-order valence-electron chi connectivity index (χ1n) is 14.3. The zero-order valence-electron chi connectivity index (χ0n) is 21.9. The molecular weight excluding hydrogens is 396 g/mol. The fraction of sp³-hybridized carbons (Fsp3) is 0.897. The minimum absolute atomic E-state index is 0.484. The average Bonchev–Trinajstić information content (AvgIpc) is 2.80. The standard InChI is InChI=1S/C29H56O3/c1-3-5-7-9-11-13-15-16-17-18-20-22-24-26-28-32-29(30)31-27-25-23-21-19-14-12-10-8-6-4-2/h13,15H,3-12,14,16-28H2,1-2H3. The van der Waals surface area contributed by atoms with E-state index in [4.69, 9.17) is 9.47 Å². The van der Waals surface area contributed by atoms with Crippen LogP contribution in [0, 0.1) is 0 Å². The van der Waals surface area contributed by atoms with E-state index in [0.717, 1.165) is 25.7 Å². The lowest BCUT2D eigenvalue weighted by atomic mass is 10.1. The van der Waals surface area contributed by atoms with Gasteiger partial charge >= 0.3 is 6.16 Å². The van der Waals surface area contributed by atoms with E-state index in [1.54, 1.807) is 0 Å². The monoisotopic (exact) mass is 452 g/mol. The van der Waals surface area contributed by atoms with Gasteiger partial charge in [0.25, 0.3) is 0 Å². The number of carbonyl (C=O) groups excluding carboxylic acids is 1. The first-order chi connectivity index (χ1) is 15.8. The van der Waals surface area contributed by atoms with Gasteiger partial charge in [-0.3, -0.25) is 0 Å². The molecule has 0 radical (unpaired) electrons. The third kappa shape index (κ3) is 27.0. The summed E-state index contributed by atoms with van der Waals surface area (Å²) in [5, 5.41) is 0. The molecule has 0 spiro atoms. The van der Waals surface area contributed by atoms with Crippen LogP contribution >= 0.6 is 0 Å².